The summed E-state index contributed by atoms with van der Waals surface area (Å²) in [7, 11) is 0. The summed E-state index contributed by atoms with van der Waals surface area (Å²) in [5.74, 6) is 1.15. The van der Waals surface area contributed by atoms with E-state index in [1.54, 1.807) is 6.20 Å². The second-order valence-electron chi connectivity index (χ2n) is 3.87. The monoisotopic (exact) mass is 224 g/mol. The van der Waals surface area contributed by atoms with E-state index in [2.05, 4.69) is 20.2 Å². The van der Waals surface area contributed by atoms with Crippen molar-refractivity contribution in [2.75, 3.05) is 5.73 Å². The van der Waals surface area contributed by atoms with Crippen LogP contribution >= 0.6 is 0 Å². The van der Waals surface area contributed by atoms with E-state index in [1.807, 2.05) is 28.7 Å². The molecule has 0 unspecified atom stereocenters. The number of H-pyrrole nitrogens is 1. The van der Waals surface area contributed by atoms with E-state index in [9.17, 15) is 0 Å². The molecule has 0 aliphatic carbocycles. The molecular weight excluding hydrogens is 216 g/mol. The summed E-state index contributed by atoms with van der Waals surface area (Å²) in [6, 6.07) is 7.85. The molecule has 0 fully saturated rings. The van der Waals surface area contributed by atoms with Gasteiger partial charge in [-0.2, -0.15) is 5.10 Å². The van der Waals surface area contributed by atoms with Crippen molar-refractivity contribution in [1.82, 2.24) is 24.6 Å². The van der Waals surface area contributed by atoms with Crippen LogP contribution in [-0.4, -0.2) is 24.6 Å². The number of para-hydroxylation sites is 2. The fourth-order valence-corrected chi connectivity index (χ4v) is 2.08. The summed E-state index contributed by atoms with van der Waals surface area (Å²) in [5.41, 5.74) is 8.42. The van der Waals surface area contributed by atoms with Crippen LogP contribution in [0, 0.1) is 0 Å². The normalized spacial score (nSPS) is 11.8. The molecule has 3 N–H and O–H groups in total. The highest BCUT2D eigenvalue weighted by Crippen LogP contribution is 2.22. The number of nitrogen functional groups attached to an aromatic ring is 1. The summed E-state index contributed by atoms with van der Waals surface area (Å²) < 4.78 is 1.90. The molecule has 0 amide bonds. The Morgan fingerprint density at radius 1 is 1.24 bits per heavy atom. The number of hydrogen-bond donors (Lipinski definition) is 2. The van der Waals surface area contributed by atoms with Crippen molar-refractivity contribution in [2.24, 2.45) is 0 Å². The number of rotatable bonds is 0. The van der Waals surface area contributed by atoms with Crippen LogP contribution in [0.2, 0.25) is 0 Å². The summed E-state index contributed by atoms with van der Waals surface area (Å²) in [6.07, 6.45) is 1.69. The maximum Gasteiger partial charge on any atom is 0.236 e. The van der Waals surface area contributed by atoms with Gasteiger partial charge in [-0.15, -0.1) is 0 Å². The third kappa shape index (κ3) is 0.963. The minimum absolute atomic E-state index is 0.521. The Morgan fingerprint density at radius 3 is 3.06 bits per heavy atom. The molecule has 4 aromatic rings. The molecule has 1 aromatic carbocycles. The molecule has 4 rings (SSSR count). The zero-order valence-corrected chi connectivity index (χ0v) is 8.75. The van der Waals surface area contributed by atoms with E-state index < -0.39 is 0 Å². The van der Waals surface area contributed by atoms with Crippen molar-refractivity contribution in [1.29, 1.82) is 0 Å². The van der Waals surface area contributed by atoms with E-state index in [-0.39, 0.29) is 0 Å². The predicted molar refractivity (Wildman–Crippen MR) is 64.6 cm³/mol. The number of anilines is 1. The van der Waals surface area contributed by atoms with Gasteiger partial charge >= 0.3 is 0 Å². The number of aromatic amines is 1. The first-order valence-corrected chi connectivity index (χ1v) is 5.20. The minimum atomic E-state index is 0.521. The molecule has 17 heavy (non-hydrogen) atoms. The second kappa shape index (κ2) is 2.73. The van der Waals surface area contributed by atoms with Gasteiger partial charge in [-0.3, -0.25) is 9.50 Å². The quantitative estimate of drug-likeness (QED) is 0.472. The third-order valence-electron chi connectivity index (χ3n) is 2.88. The summed E-state index contributed by atoms with van der Waals surface area (Å²) in [4.78, 5) is 8.72. The van der Waals surface area contributed by atoms with Gasteiger partial charge in [-0.1, -0.05) is 12.1 Å². The molecule has 0 radical (unpaired) electrons. The first-order valence-electron chi connectivity index (χ1n) is 5.20. The average Bonchev–Trinajstić information content (AvgIpc) is 2.90. The predicted octanol–water partition coefficient (Wildman–Crippen LogP) is 1.34. The summed E-state index contributed by atoms with van der Waals surface area (Å²) in [5, 5.41) is 7.77. The molecule has 0 saturated carbocycles. The van der Waals surface area contributed by atoms with E-state index in [1.165, 1.54) is 0 Å². The van der Waals surface area contributed by atoms with E-state index >= 15 is 0 Å². The van der Waals surface area contributed by atoms with Gasteiger partial charge in [-0.05, 0) is 12.1 Å². The van der Waals surface area contributed by atoms with E-state index in [0.29, 0.717) is 11.6 Å². The number of nitrogens with one attached hydrogen (secondary N) is 1. The maximum absolute atomic E-state index is 5.79. The fraction of sp³-hybridized carbons (Fsp3) is 0. The van der Waals surface area contributed by atoms with Gasteiger partial charge in [0.1, 0.15) is 5.82 Å². The lowest BCUT2D eigenvalue weighted by atomic mass is 10.3. The number of nitrogens with zero attached hydrogens (tertiary/aromatic N) is 4. The highest BCUT2D eigenvalue weighted by atomic mass is 15.2. The Labute approximate surface area is 95.1 Å². The minimum Gasteiger partial charge on any atom is -0.383 e. The number of nitrogens with two attached hydrogens (primary N) is 1. The van der Waals surface area contributed by atoms with Crippen LogP contribution in [0.15, 0.2) is 30.5 Å². The van der Waals surface area contributed by atoms with E-state index in [0.717, 1.165) is 22.1 Å². The second-order valence-corrected chi connectivity index (χ2v) is 3.87. The van der Waals surface area contributed by atoms with Crippen LogP contribution in [0.4, 0.5) is 5.82 Å². The molecule has 0 aliphatic heterocycles. The van der Waals surface area contributed by atoms with Crippen LogP contribution < -0.4 is 5.73 Å². The summed E-state index contributed by atoms with van der Waals surface area (Å²) in [6.45, 7) is 0. The molecule has 0 spiro atoms. The Hall–Kier alpha value is -2.63. The SMILES string of the molecule is Nc1[nH]nc2c1cnc1nc3ccccc3n12. The Kier molecular flexibility index (Phi) is 1.37. The highest BCUT2D eigenvalue weighted by Gasteiger charge is 2.11. The standard InChI is InChI=1S/C11H8N6/c12-9-6-5-13-11-14-7-3-1-2-4-8(7)17(11)10(6)16-15-9/h1-5H,(H3,12,15,16). The van der Waals surface area contributed by atoms with Crippen LogP contribution in [-0.2, 0) is 0 Å². The van der Waals surface area contributed by atoms with Crippen molar-refractivity contribution in [3.05, 3.63) is 30.5 Å². The van der Waals surface area contributed by atoms with Crippen molar-refractivity contribution in [3.63, 3.8) is 0 Å². The van der Waals surface area contributed by atoms with Crippen LogP contribution in [0.5, 0.6) is 0 Å². The van der Waals surface area contributed by atoms with Crippen molar-refractivity contribution >= 4 is 33.7 Å². The van der Waals surface area contributed by atoms with Crippen LogP contribution in [0.3, 0.4) is 0 Å². The zero-order valence-electron chi connectivity index (χ0n) is 8.75. The Morgan fingerprint density at radius 2 is 2.12 bits per heavy atom. The number of imidazole rings is 1. The molecule has 0 atom stereocenters. The van der Waals surface area contributed by atoms with Crippen LogP contribution in [0.25, 0.3) is 27.8 Å². The lowest BCUT2D eigenvalue weighted by molar-refractivity contribution is 1.08. The zero-order chi connectivity index (χ0) is 11.4. The first-order chi connectivity index (χ1) is 8.34. The molecule has 0 bridgehead atoms. The van der Waals surface area contributed by atoms with Crippen molar-refractivity contribution in [3.8, 4) is 0 Å². The van der Waals surface area contributed by atoms with Gasteiger partial charge in [0.15, 0.2) is 5.65 Å². The molecule has 6 heteroatoms. The van der Waals surface area contributed by atoms with Gasteiger partial charge < -0.3 is 5.73 Å². The number of hydrogen-bond acceptors (Lipinski definition) is 4. The number of fused-ring (bicyclic) bond motifs is 5. The molecule has 6 nitrogen and oxygen atoms in total. The largest absolute Gasteiger partial charge is 0.383 e. The third-order valence-corrected chi connectivity index (χ3v) is 2.88. The van der Waals surface area contributed by atoms with Gasteiger partial charge in [0.25, 0.3) is 0 Å². The highest BCUT2D eigenvalue weighted by molar-refractivity contribution is 5.91. The molecule has 82 valence electrons. The lowest BCUT2D eigenvalue weighted by Gasteiger charge is -1.95. The van der Waals surface area contributed by atoms with Crippen molar-refractivity contribution in [2.45, 2.75) is 0 Å². The Balaban J connectivity index is 2.38. The fourth-order valence-electron chi connectivity index (χ4n) is 2.08. The summed E-state index contributed by atoms with van der Waals surface area (Å²) >= 11 is 0. The lowest BCUT2D eigenvalue weighted by Crippen LogP contribution is -1.91. The maximum atomic E-state index is 5.79. The molecule has 3 aromatic heterocycles. The molecular formula is C11H8N6. The molecule has 3 heterocycles. The number of benzene rings is 1. The first kappa shape index (κ1) is 8.51. The van der Waals surface area contributed by atoms with Gasteiger partial charge in [-0.25, -0.2) is 9.97 Å². The molecule has 0 saturated heterocycles. The van der Waals surface area contributed by atoms with Gasteiger partial charge in [0.05, 0.1) is 16.4 Å². The average molecular weight is 224 g/mol. The smallest absolute Gasteiger partial charge is 0.236 e. The van der Waals surface area contributed by atoms with Crippen LogP contribution in [0.1, 0.15) is 0 Å². The molecule has 0 aliphatic rings. The van der Waals surface area contributed by atoms with Crippen molar-refractivity contribution < 1.29 is 0 Å². The topological polar surface area (TPSA) is 84.9 Å². The van der Waals surface area contributed by atoms with Gasteiger partial charge in [0.2, 0.25) is 5.78 Å². The van der Waals surface area contributed by atoms with Gasteiger partial charge in [0, 0.05) is 6.20 Å². The Bertz CT molecular complexity index is 856. The number of aromatic nitrogens is 5. The van der Waals surface area contributed by atoms with E-state index in [4.69, 9.17) is 5.73 Å².